The van der Waals surface area contributed by atoms with Gasteiger partial charge in [0, 0.05) is 5.69 Å². The molecule has 6 nitrogen and oxygen atoms in total. The summed E-state index contributed by atoms with van der Waals surface area (Å²) in [7, 11) is 0. The Morgan fingerprint density at radius 1 is 1.31 bits per heavy atom. The molecule has 1 aromatic heterocycles. The van der Waals surface area contributed by atoms with Crippen LogP contribution in [-0.2, 0) is 16.8 Å². The lowest BCUT2D eigenvalue weighted by Gasteiger charge is -1.98. The first-order chi connectivity index (χ1) is 7.74. The summed E-state index contributed by atoms with van der Waals surface area (Å²) >= 11 is -1.97. The van der Waals surface area contributed by atoms with Gasteiger partial charge in [-0.25, -0.2) is 4.21 Å². The second-order valence-corrected chi connectivity index (χ2v) is 3.89. The second kappa shape index (κ2) is 4.86. The minimum Gasteiger partial charge on any atom is -0.407 e. The fraction of sp³-hybridized carbons (Fsp3) is 0.111. The Balaban J connectivity index is 2.06. The molecule has 2 N–H and O–H groups in total. The average molecular weight is 239 g/mol. The quantitative estimate of drug-likeness (QED) is 0.787. The highest BCUT2D eigenvalue weighted by molar-refractivity contribution is 7.78. The molecule has 2 rings (SSSR count). The zero-order valence-corrected chi connectivity index (χ0v) is 8.98. The monoisotopic (exact) mass is 239 g/mol. The minimum atomic E-state index is -1.97. The molecule has 0 amide bonds. The number of nitrogens with zero attached hydrogens (tertiary/aromatic N) is 2. The van der Waals surface area contributed by atoms with E-state index in [2.05, 4.69) is 15.5 Å². The largest absolute Gasteiger partial charge is 0.407 e. The van der Waals surface area contributed by atoms with Crippen LogP contribution in [0.25, 0.3) is 0 Å². The zero-order chi connectivity index (χ0) is 11.4. The fourth-order valence-corrected chi connectivity index (χ4v) is 1.44. The molecular weight excluding hydrogens is 230 g/mol. The van der Waals surface area contributed by atoms with Gasteiger partial charge in [0.15, 0.2) is 11.1 Å². The second-order valence-electron chi connectivity index (χ2n) is 2.96. The summed E-state index contributed by atoms with van der Waals surface area (Å²) in [5.41, 5.74) is 0.808. The van der Waals surface area contributed by atoms with Crippen LogP contribution >= 0.6 is 0 Å². The SMILES string of the molecule is O=S(O)Cc1nnc(Nc2ccccc2)o1. The Bertz CT molecular complexity index is 486. The number of hydrogen-bond acceptors (Lipinski definition) is 5. The predicted molar refractivity (Wildman–Crippen MR) is 58.5 cm³/mol. The van der Waals surface area contributed by atoms with Crippen molar-refractivity contribution in [2.45, 2.75) is 5.75 Å². The van der Waals surface area contributed by atoms with Crippen LogP contribution in [0.1, 0.15) is 5.89 Å². The van der Waals surface area contributed by atoms with Crippen molar-refractivity contribution in [3.63, 3.8) is 0 Å². The average Bonchev–Trinajstić information content (AvgIpc) is 2.66. The van der Waals surface area contributed by atoms with E-state index in [9.17, 15) is 4.21 Å². The van der Waals surface area contributed by atoms with Gasteiger partial charge in [-0.15, -0.1) is 5.10 Å². The van der Waals surface area contributed by atoms with Gasteiger partial charge in [0.2, 0.25) is 5.89 Å². The molecule has 7 heteroatoms. The van der Waals surface area contributed by atoms with Crippen molar-refractivity contribution >= 4 is 22.8 Å². The molecule has 0 radical (unpaired) electrons. The Kier molecular flexibility index (Phi) is 3.28. The molecule has 16 heavy (non-hydrogen) atoms. The third-order valence-corrected chi connectivity index (χ3v) is 2.23. The van der Waals surface area contributed by atoms with Crippen molar-refractivity contribution in [3.8, 4) is 0 Å². The predicted octanol–water partition coefficient (Wildman–Crippen LogP) is 1.53. The maximum Gasteiger partial charge on any atom is 0.320 e. The van der Waals surface area contributed by atoms with Crippen molar-refractivity contribution in [1.82, 2.24) is 10.2 Å². The molecule has 0 bridgehead atoms. The smallest absolute Gasteiger partial charge is 0.320 e. The van der Waals surface area contributed by atoms with Gasteiger partial charge in [-0.2, -0.15) is 0 Å². The highest BCUT2D eigenvalue weighted by atomic mass is 32.2. The van der Waals surface area contributed by atoms with Crippen LogP contribution in [0.3, 0.4) is 0 Å². The molecule has 84 valence electrons. The summed E-state index contributed by atoms with van der Waals surface area (Å²) in [6, 6.07) is 9.50. The lowest BCUT2D eigenvalue weighted by Crippen LogP contribution is -1.92. The van der Waals surface area contributed by atoms with Crippen LogP contribution in [0.15, 0.2) is 34.7 Å². The van der Waals surface area contributed by atoms with E-state index in [4.69, 9.17) is 8.97 Å². The van der Waals surface area contributed by atoms with Gasteiger partial charge in [0.05, 0.1) is 0 Å². The number of anilines is 2. The van der Waals surface area contributed by atoms with Crippen LogP contribution in [0.4, 0.5) is 11.7 Å². The maximum absolute atomic E-state index is 10.5. The molecule has 0 aliphatic carbocycles. The normalized spacial score (nSPS) is 12.3. The van der Waals surface area contributed by atoms with Gasteiger partial charge in [0.25, 0.3) is 0 Å². The molecule has 0 saturated heterocycles. The first-order valence-electron chi connectivity index (χ1n) is 4.46. The Morgan fingerprint density at radius 2 is 2.06 bits per heavy atom. The third kappa shape index (κ3) is 2.88. The lowest BCUT2D eigenvalue weighted by molar-refractivity contribution is 0.513. The highest BCUT2D eigenvalue weighted by Crippen LogP contribution is 2.14. The Hall–Kier alpha value is -1.73. The van der Waals surface area contributed by atoms with Crippen molar-refractivity contribution < 1.29 is 13.2 Å². The van der Waals surface area contributed by atoms with Gasteiger partial charge in [0.1, 0.15) is 5.75 Å². The van der Waals surface area contributed by atoms with E-state index in [-0.39, 0.29) is 17.7 Å². The number of rotatable bonds is 4. The molecule has 1 unspecified atom stereocenters. The minimum absolute atomic E-state index is 0.124. The molecule has 0 aliphatic heterocycles. The fourth-order valence-electron chi connectivity index (χ4n) is 1.11. The summed E-state index contributed by atoms with van der Waals surface area (Å²) < 4.78 is 24.2. The van der Waals surface area contributed by atoms with Crippen LogP contribution in [-0.4, -0.2) is 19.0 Å². The van der Waals surface area contributed by atoms with Crippen molar-refractivity contribution in [2.24, 2.45) is 0 Å². The first kappa shape index (κ1) is 10.8. The summed E-state index contributed by atoms with van der Waals surface area (Å²) in [5.74, 6) is -0.0389. The van der Waals surface area contributed by atoms with Crippen LogP contribution < -0.4 is 5.32 Å². The van der Waals surface area contributed by atoms with Crippen LogP contribution in [0.5, 0.6) is 0 Å². The summed E-state index contributed by atoms with van der Waals surface area (Å²) in [6.07, 6.45) is 0. The Morgan fingerprint density at radius 3 is 2.75 bits per heavy atom. The number of para-hydroxylation sites is 1. The molecule has 0 spiro atoms. The van der Waals surface area contributed by atoms with Crippen molar-refractivity contribution in [3.05, 3.63) is 36.2 Å². The molecule has 0 fully saturated rings. The number of hydrogen-bond donors (Lipinski definition) is 2. The number of benzene rings is 1. The standard InChI is InChI=1S/C9H9N3O3S/c13-16(14)6-8-11-12-9(15-8)10-7-4-2-1-3-5-7/h1-5H,6H2,(H,10,12)(H,13,14). The molecule has 1 heterocycles. The molecule has 1 aromatic carbocycles. The molecule has 2 aromatic rings. The Labute approximate surface area is 94.0 Å². The summed E-state index contributed by atoms with van der Waals surface area (Å²) in [4.78, 5) is 0. The summed E-state index contributed by atoms with van der Waals surface area (Å²) in [6.45, 7) is 0. The van der Waals surface area contributed by atoms with E-state index in [1.165, 1.54) is 0 Å². The topological polar surface area (TPSA) is 88.2 Å². The third-order valence-electron chi connectivity index (χ3n) is 1.74. The van der Waals surface area contributed by atoms with Gasteiger partial charge < -0.3 is 14.3 Å². The molecule has 1 atom stereocenters. The van der Waals surface area contributed by atoms with Gasteiger partial charge in [-0.3, -0.25) is 0 Å². The van der Waals surface area contributed by atoms with Crippen LogP contribution in [0.2, 0.25) is 0 Å². The van der Waals surface area contributed by atoms with E-state index in [0.717, 1.165) is 5.69 Å². The van der Waals surface area contributed by atoms with E-state index in [1.807, 2.05) is 30.3 Å². The highest BCUT2D eigenvalue weighted by Gasteiger charge is 2.08. The molecule has 0 saturated carbocycles. The van der Waals surface area contributed by atoms with Gasteiger partial charge in [-0.1, -0.05) is 23.3 Å². The summed E-state index contributed by atoms with van der Waals surface area (Å²) in [5, 5.41) is 10.2. The zero-order valence-electron chi connectivity index (χ0n) is 8.16. The number of nitrogens with one attached hydrogen (secondary N) is 1. The van der Waals surface area contributed by atoms with E-state index in [0.29, 0.717) is 0 Å². The number of aromatic nitrogens is 2. The molecule has 0 aliphatic rings. The van der Waals surface area contributed by atoms with Crippen molar-refractivity contribution in [1.29, 1.82) is 0 Å². The van der Waals surface area contributed by atoms with E-state index >= 15 is 0 Å². The van der Waals surface area contributed by atoms with E-state index in [1.54, 1.807) is 0 Å². The first-order valence-corrected chi connectivity index (χ1v) is 5.73. The van der Waals surface area contributed by atoms with Gasteiger partial charge in [-0.05, 0) is 12.1 Å². The van der Waals surface area contributed by atoms with Crippen LogP contribution in [0, 0.1) is 0 Å². The van der Waals surface area contributed by atoms with Gasteiger partial charge >= 0.3 is 6.01 Å². The maximum atomic E-state index is 10.5. The molecular formula is C9H9N3O3S. The lowest BCUT2D eigenvalue weighted by atomic mass is 10.3. The van der Waals surface area contributed by atoms with E-state index < -0.39 is 11.1 Å². The van der Waals surface area contributed by atoms with Crippen molar-refractivity contribution in [2.75, 3.05) is 5.32 Å².